The lowest BCUT2D eigenvalue weighted by Crippen LogP contribution is -2.52. The number of nitrogens with one attached hydrogen (secondary N) is 1. The lowest BCUT2D eigenvalue weighted by Gasteiger charge is -2.37. The van der Waals surface area contributed by atoms with Crippen LogP contribution in [-0.2, 0) is 4.74 Å². The van der Waals surface area contributed by atoms with Crippen LogP contribution in [0, 0.1) is 10.1 Å². The molecule has 0 radical (unpaired) electrons. The maximum Gasteiger partial charge on any atom is 0.338 e. The Morgan fingerprint density at radius 1 is 1.09 bits per heavy atom. The van der Waals surface area contributed by atoms with E-state index in [1.54, 1.807) is 31.2 Å². The van der Waals surface area contributed by atoms with Gasteiger partial charge in [-0.3, -0.25) is 20.2 Å². The van der Waals surface area contributed by atoms with Crippen LogP contribution >= 0.6 is 12.2 Å². The molecule has 3 rings (SSSR count). The summed E-state index contributed by atoms with van der Waals surface area (Å²) in [6.45, 7) is 3.55. The molecule has 1 aliphatic heterocycles. The van der Waals surface area contributed by atoms with Crippen molar-refractivity contribution in [1.29, 1.82) is 0 Å². The maximum atomic E-state index is 12.9. The topological polar surface area (TPSA) is 123 Å². The predicted molar refractivity (Wildman–Crippen MR) is 132 cm³/mol. The molecule has 0 saturated carbocycles. The number of hydrogen-bond donors (Lipinski definition) is 1. The zero-order valence-corrected chi connectivity index (χ0v) is 20.4. The molecule has 1 amide bonds. The van der Waals surface area contributed by atoms with Crippen molar-refractivity contribution in [3.63, 3.8) is 0 Å². The molecule has 1 saturated heterocycles. The summed E-state index contributed by atoms with van der Waals surface area (Å²) in [5, 5.41) is 14.6. The van der Waals surface area contributed by atoms with Crippen molar-refractivity contribution in [2.75, 3.05) is 51.9 Å². The van der Waals surface area contributed by atoms with Crippen molar-refractivity contribution < 1.29 is 28.7 Å². The highest BCUT2D eigenvalue weighted by molar-refractivity contribution is 7.80. The summed E-state index contributed by atoms with van der Waals surface area (Å²) >= 11 is 5.44. The number of ether oxygens (including phenoxy) is 3. The van der Waals surface area contributed by atoms with Gasteiger partial charge >= 0.3 is 5.97 Å². The van der Waals surface area contributed by atoms with Crippen molar-refractivity contribution in [2.24, 2.45) is 0 Å². The third kappa shape index (κ3) is 5.77. The highest BCUT2D eigenvalue weighted by Gasteiger charge is 2.27. The van der Waals surface area contributed by atoms with E-state index >= 15 is 0 Å². The average Bonchev–Trinajstić information content (AvgIpc) is 2.87. The molecule has 12 heteroatoms. The largest absolute Gasteiger partial charge is 0.496 e. The molecule has 1 N–H and O–H groups in total. The first-order valence-corrected chi connectivity index (χ1v) is 11.2. The Bertz CT molecular complexity index is 1110. The number of methoxy groups -OCH3 is 2. The molecule has 0 spiro atoms. The van der Waals surface area contributed by atoms with Gasteiger partial charge in [-0.25, -0.2) is 4.79 Å². The molecule has 2 aromatic carbocycles. The fourth-order valence-electron chi connectivity index (χ4n) is 3.74. The lowest BCUT2D eigenvalue weighted by atomic mass is 10.1. The number of nitro groups is 1. The van der Waals surface area contributed by atoms with E-state index in [1.165, 1.54) is 26.4 Å². The highest BCUT2D eigenvalue weighted by atomic mass is 32.1. The molecule has 2 aromatic rings. The molecule has 1 aliphatic rings. The summed E-state index contributed by atoms with van der Waals surface area (Å²) in [5.41, 5.74) is 0.576. The molecule has 0 aliphatic carbocycles. The van der Waals surface area contributed by atoms with Gasteiger partial charge in [-0.15, -0.1) is 0 Å². The summed E-state index contributed by atoms with van der Waals surface area (Å²) in [5.74, 6) is -0.363. The Morgan fingerprint density at radius 2 is 1.71 bits per heavy atom. The number of rotatable bonds is 7. The summed E-state index contributed by atoms with van der Waals surface area (Å²) in [6.07, 6.45) is 0. The quantitative estimate of drug-likeness (QED) is 0.262. The van der Waals surface area contributed by atoms with Crippen LogP contribution in [0.3, 0.4) is 0 Å². The van der Waals surface area contributed by atoms with Crippen LogP contribution in [0.5, 0.6) is 11.5 Å². The SMILES string of the molecule is CCOC(=O)c1ccc(N2CCN(C(=S)NC(=O)c3c(OC)cccc3OC)CC2)c([N+](=O)[O-])c1. The molecular formula is C23H26N4O7S. The minimum absolute atomic E-state index is 0.122. The molecular weight excluding hydrogens is 476 g/mol. The van der Waals surface area contributed by atoms with E-state index in [9.17, 15) is 19.7 Å². The first kappa shape index (κ1) is 25.7. The summed E-state index contributed by atoms with van der Waals surface area (Å²) in [6, 6.07) is 9.31. The Balaban J connectivity index is 1.68. The highest BCUT2D eigenvalue weighted by Crippen LogP contribution is 2.31. The number of nitro benzene ring substituents is 1. The molecule has 11 nitrogen and oxygen atoms in total. The molecule has 0 unspecified atom stereocenters. The second-order valence-electron chi connectivity index (χ2n) is 7.45. The average molecular weight is 503 g/mol. The summed E-state index contributed by atoms with van der Waals surface area (Å²) in [4.78, 5) is 39.6. The van der Waals surface area contributed by atoms with E-state index in [0.29, 0.717) is 43.4 Å². The van der Waals surface area contributed by atoms with Crippen molar-refractivity contribution in [2.45, 2.75) is 6.92 Å². The number of piperazine rings is 1. The van der Waals surface area contributed by atoms with Gasteiger partial charge in [-0.05, 0) is 43.4 Å². The number of carbonyl (C=O) groups is 2. The first-order valence-electron chi connectivity index (χ1n) is 10.8. The number of nitrogens with zero attached hydrogens (tertiary/aromatic N) is 3. The van der Waals surface area contributed by atoms with Crippen molar-refractivity contribution in [1.82, 2.24) is 10.2 Å². The van der Waals surface area contributed by atoms with Crippen molar-refractivity contribution >= 4 is 40.6 Å². The molecule has 0 bridgehead atoms. The molecule has 1 heterocycles. The molecule has 1 fully saturated rings. The number of thiocarbonyl (C=S) groups is 1. The van der Waals surface area contributed by atoms with Gasteiger partial charge in [0, 0.05) is 32.2 Å². The standard InChI is InChI=1S/C23H26N4O7S/c1-4-34-22(29)15-8-9-16(17(14-15)27(30)31)25-10-12-26(13-11-25)23(35)24-21(28)20-18(32-2)6-5-7-19(20)33-3/h5-9,14H,4,10-13H2,1-3H3,(H,24,28,35). The number of amides is 1. The van der Waals surface area contributed by atoms with Crippen LogP contribution in [0.4, 0.5) is 11.4 Å². The Labute approximate surface area is 207 Å². The minimum Gasteiger partial charge on any atom is -0.496 e. The Morgan fingerprint density at radius 3 is 2.26 bits per heavy atom. The lowest BCUT2D eigenvalue weighted by molar-refractivity contribution is -0.384. The minimum atomic E-state index is -0.611. The second kappa shape index (κ2) is 11.5. The van der Waals surface area contributed by atoms with Crippen LogP contribution in [0.2, 0.25) is 0 Å². The Kier molecular flexibility index (Phi) is 8.42. The van der Waals surface area contributed by atoms with Crippen LogP contribution in [0.15, 0.2) is 36.4 Å². The predicted octanol–water partition coefficient (Wildman–Crippen LogP) is 2.63. The fraction of sp³-hybridized carbons (Fsp3) is 0.348. The summed E-state index contributed by atoms with van der Waals surface area (Å²) < 4.78 is 15.5. The van der Waals surface area contributed by atoms with E-state index in [4.69, 9.17) is 26.4 Å². The van der Waals surface area contributed by atoms with Gasteiger partial charge in [0.25, 0.3) is 11.6 Å². The van der Waals surface area contributed by atoms with E-state index in [2.05, 4.69) is 5.32 Å². The number of carbonyl (C=O) groups excluding carboxylic acids is 2. The van der Waals surface area contributed by atoms with Gasteiger partial charge in [0.1, 0.15) is 22.7 Å². The first-order chi connectivity index (χ1) is 16.8. The van der Waals surface area contributed by atoms with Gasteiger partial charge in [0.05, 0.1) is 31.3 Å². The monoisotopic (exact) mass is 502 g/mol. The Hall–Kier alpha value is -3.93. The van der Waals surface area contributed by atoms with Gasteiger partial charge < -0.3 is 24.0 Å². The van der Waals surface area contributed by atoms with Gasteiger partial charge in [0.2, 0.25) is 0 Å². The summed E-state index contributed by atoms with van der Waals surface area (Å²) in [7, 11) is 2.92. The van der Waals surface area contributed by atoms with E-state index in [1.807, 2.05) is 9.80 Å². The number of anilines is 1. The molecule has 186 valence electrons. The van der Waals surface area contributed by atoms with Gasteiger partial charge in [0.15, 0.2) is 5.11 Å². The normalized spacial score (nSPS) is 13.1. The van der Waals surface area contributed by atoms with E-state index < -0.39 is 16.8 Å². The van der Waals surface area contributed by atoms with E-state index in [0.717, 1.165) is 0 Å². The van der Waals surface area contributed by atoms with Crippen LogP contribution < -0.4 is 19.7 Å². The zero-order valence-electron chi connectivity index (χ0n) is 19.6. The maximum absolute atomic E-state index is 12.9. The molecule has 0 aromatic heterocycles. The second-order valence-corrected chi connectivity index (χ2v) is 7.84. The number of benzene rings is 2. The van der Waals surface area contributed by atoms with Crippen molar-refractivity contribution in [3.05, 3.63) is 57.6 Å². The van der Waals surface area contributed by atoms with Crippen molar-refractivity contribution in [3.8, 4) is 11.5 Å². The number of hydrogen-bond acceptors (Lipinski definition) is 9. The van der Waals surface area contributed by atoms with Gasteiger partial charge in [-0.1, -0.05) is 6.07 Å². The van der Waals surface area contributed by atoms with E-state index in [-0.39, 0.29) is 28.5 Å². The van der Waals surface area contributed by atoms with Crippen LogP contribution in [0.1, 0.15) is 27.6 Å². The molecule has 35 heavy (non-hydrogen) atoms. The van der Waals surface area contributed by atoms with Crippen LogP contribution in [0.25, 0.3) is 0 Å². The zero-order chi connectivity index (χ0) is 25.5. The smallest absolute Gasteiger partial charge is 0.338 e. The van der Waals surface area contributed by atoms with Gasteiger partial charge in [-0.2, -0.15) is 0 Å². The fourth-order valence-corrected chi connectivity index (χ4v) is 4.02. The third-order valence-corrected chi connectivity index (χ3v) is 5.83. The third-order valence-electron chi connectivity index (χ3n) is 5.47. The van der Waals surface area contributed by atoms with Crippen LogP contribution in [-0.4, -0.2) is 73.8 Å². The number of esters is 1. The molecule has 0 atom stereocenters.